The van der Waals surface area contributed by atoms with Gasteiger partial charge >= 0.3 is 0 Å². The number of rotatable bonds is 8. The normalized spacial score (nSPS) is 12.8. The molecule has 0 aliphatic rings. The Hall–Kier alpha value is -1.53. The van der Waals surface area contributed by atoms with Gasteiger partial charge in [-0.05, 0) is 50.7 Å². The van der Waals surface area contributed by atoms with Crippen molar-refractivity contribution >= 4 is 11.8 Å². The zero-order chi connectivity index (χ0) is 17.7. The molecular weight excluding hydrogens is 320 g/mol. The number of benzene rings is 1. The molecule has 0 aliphatic heterocycles. The summed E-state index contributed by atoms with van der Waals surface area (Å²) in [5, 5.41) is 9.95. The molecule has 0 bridgehead atoms. The van der Waals surface area contributed by atoms with Crippen LogP contribution in [0.4, 0.5) is 0 Å². The molecule has 6 heteroatoms. The van der Waals surface area contributed by atoms with Gasteiger partial charge in [0, 0.05) is 11.4 Å². The number of methoxy groups -OCH3 is 1. The van der Waals surface area contributed by atoms with Gasteiger partial charge in [0.05, 0.1) is 13.2 Å². The van der Waals surface area contributed by atoms with Crippen molar-refractivity contribution in [2.75, 3.05) is 27.0 Å². The lowest BCUT2D eigenvalue weighted by Crippen LogP contribution is -2.22. The second kappa shape index (κ2) is 8.53. The fourth-order valence-electron chi connectivity index (χ4n) is 2.58. The van der Waals surface area contributed by atoms with Crippen LogP contribution in [0.3, 0.4) is 0 Å². The van der Waals surface area contributed by atoms with Crippen molar-refractivity contribution in [3.05, 3.63) is 30.1 Å². The van der Waals surface area contributed by atoms with Gasteiger partial charge < -0.3 is 4.74 Å². The van der Waals surface area contributed by atoms with E-state index < -0.39 is 0 Å². The van der Waals surface area contributed by atoms with E-state index in [4.69, 9.17) is 4.74 Å². The summed E-state index contributed by atoms with van der Waals surface area (Å²) < 4.78 is 7.46. The van der Waals surface area contributed by atoms with E-state index in [2.05, 4.69) is 66.7 Å². The number of hydrogen-bond acceptors (Lipinski definition) is 5. The van der Waals surface area contributed by atoms with E-state index in [0.29, 0.717) is 5.92 Å². The summed E-state index contributed by atoms with van der Waals surface area (Å²) >= 11 is 1.76. The molecule has 0 unspecified atom stereocenters. The third kappa shape index (κ3) is 4.30. The van der Waals surface area contributed by atoms with Crippen molar-refractivity contribution in [2.45, 2.75) is 38.4 Å². The highest BCUT2D eigenvalue weighted by Crippen LogP contribution is 2.30. The van der Waals surface area contributed by atoms with E-state index in [0.717, 1.165) is 34.6 Å². The van der Waals surface area contributed by atoms with Crippen LogP contribution in [0.15, 0.2) is 29.4 Å². The lowest BCUT2D eigenvalue weighted by atomic mass is 10.2. The van der Waals surface area contributed by atoms with Crippen molar-refractivity contribution in [3.8, 4) is 11.4 Å². The summed E-state index contributed by atoms with van der Waals surface area (Å²) in [7, 11) is 5.85. The van der Waals surface area contributed by atoms with Gasteiger partial charge in [0.15, 0.2) is 11.0 Å². The van der Waals surface area contributed by atoms with Crippen LogP contribution in [0.2, 0.25) is 0 Å². The van der Waals surface area contributed by atoms with Gasteiger partial charge in [-0.1, -0.05) is 32.5 Å². The number of aromatic nitrogens is 3. The average Bonchev–Trinajstić information content (AvgIpc) is 2.97. The first kappa shape index (κ1) is 18.8. The summed E-state index contributed by atoms with van der Waals surface area (Å²) in [4.78, 5) is 2.20. The Kier molecular flexibility index (Phi) is 6.69. The minimum absolute atomic E-state index is 0.230. The monoisotopic (exact) mass is 348 g/mol. The molecule has 0 N–H and O–H groups in total. The first-order valence-corrected chi connectivity index (χ1v) is 9.35. The van der Waals surface area contributed by atoms with Crippen molar-refractivity contribution < 1.29 is 4.74 Å². The Balaban J connectivity index is 2.47. The van der Waals surface area contributed by atoms with Crippen molar-refractivity contribution in [2.24, 2.45) is 5.92 Å². The zero-order valence-electron chi connectivity index (χ0n) is 15.5. The van der Waals surface area contributed by atoms with Crippen molar-refractivity contribution in [1.82, 2.24) is 19.7 Å². The molecular formula is C18H28N4OS. The van der Waals surface area contributed by atoms with Crippen molar-refractivity contribution in [3.63, 3.8) is 0 Å². The van der Waals surface area contributed by atoms with Gasteiger partial charge in [-0.3, -0.25) is 9.47 Å². The van der Waals surface area contributed by atoms with Gasteiger partial charge in [0.25, 0.3) is 0 Å². The molecule has 0 saturated carbocycles. The van der Waals surface area contributed by atoms with Crippen LogP contribution in [-0.2, 0) is 0 Å². The predicted octanol–water partition coefficient (Wildman–Crippen LogP) is 4.04. The van der Waals surface area contributed by atoms with Crippen LogP contribution >= 0.6 is 11.8 Å². The molecule has 5 nitrogen and oxygen atoms in total. The fraction of sp³-hybridized carbons (Fsp3) is 0.556. The number of thioether (sulfide) groups is 1. The maximum absolute atomic E-state index is 5.28. The van der Waals surface area contributed by atoms with E-state index in [-0.39, 0.29) is 6.04 Å². The molecule has 2 aromatic rings. The fourth-order valence-corrected chi connectivity index (χ4v) is 3.49. The molecule has 0 saturated heterocycles. The topological polar surface area (TPSA) is 43.2 Å². The predicted molar refractivity (Wildman–Crippen MR) is 100 cm³/mol. The molecule has 0 radical (unpaired) electrons. The third-order valence-corrected chi connectivity index (χ3v) is 5.20. The van der Waals surface area contributed by atoms with Gasteiger partial charge in [-0.25, -0.2) is 0 Å². The highest BCUT2D eigenvalue weighted by Gasteiger charge is 2.23. The molecule has 0 fully saturated rings. The van der Waals surface area contributed by atoms with Gasteiger partial charge in [-0.2, -0.15) is 0 Å². The van der Waals surface area contributed by atoms with E-state index in [9.17, 15) is 0 Å². The maximum atomic E-state index is 5.28. The lowest BCUT2D eigenvalue weighted by molar-refractivity contribution is 0.276. The largest absolute Gasteiger partial charge is 0.497 e. The van der Waals surface area contributed by atoms with Crippen LogP contribution in [-0.4, -0.2) is 46.6 Å². The Labute approximate surface area is 149 Å². The summed E-state index contributed by atoms with van der Waals surface area (Å²) in [5.41, 5.74) is 1.07. The molecule has 1 heterocycles. The minimum Gasteiger partial charge on any atom is -0.497 e. The van der Waals surface area contributed by atoms with Crippen molar-refractivity contribution in [1.29, 1.82) is 0 Å². The van der Waals surface area contributed by atoms with E-state index in [1.54, 1.807) is 18.9 Å². The van der Waals surface area contributed by atoms with Crippen LogP contribution in [0.5, 0.6) is 5.75 Å². The standard InChI is InChI=1S/C18H28N4OS/c1-7-16(21(4)5)17-19-20-18(24-12-13(2)3)22(17)14-8-10-15(23-6)11-9-14/h8-11,13,16H,7,12H2,1-6H3/t16-/m0/s1. The first-order chi connectivity index (χ1) is 11.5. The number of nitrogens with zero attached hydrogens (tertiary/aromatic N) is 4. The lowest BCUT2D eigenvalue weighted by Gasteiger charge is -2.23. The van der Waals surface area contributed by atoms with Crippen LogP contribution in [0, 0.1) is 5.92 Å². The highest BCUT2D eigenvalue weighted by molar-refractivity contribution is 7.99. The Morgan fingerprint density at radius 1 is 1.17 bits per heavy atom. The summed E-state index contributed by atoms with van der Waals surface area (Å²) in [6.07, 6.45) is 0.982. The second-order valence-corrected chi connectivity index (χ2v) is 7.45. The quantitative estimate of drug-likeness (QED) is 0.674. The van der Waals surface area contributed by atoms with Crippen LogP contribution in [0.1, 0.15) is 39.1 Å². The Morgan fingerprint density at radius 2 is 1.83 bits per heavy atom. The summed E-state index contributed by atoms with van der Waals surface area (Å²) in [6.45, 7) is 6.62. The first-order valence-electron chi connectivity index (χ1n) is 8.36. The molecule has 0 amide bonds. The summed E-state index contributed by atoms with van der Waals surface area (Å²) in [6, 6.07) is 8.31. The molecule has 2 rings (SSSR count). The molecule has 0 spiro atoms. The molecule has 1 aromatic carbocycles. The van der Waals surface area contributed by atoms with Crippen LogP contribution in [0.25, 0.3) is 5.69 Å². The van der Waals surface area contributed by atoms with E-state index >= 15 is 0 Å². The SMILES string of the molecule is CC[C@@H](c1nnc(SCC(C)C)n1-c1ccc(OC)cc1)N(C)C. The third-order valence-electron chi connectivity index (χ3n) is 3.84. The maximum Gasteiger partial charge on any atom is 0.195 e. The Morgan fingerprint density at radius 3 is 2.33 bits per heavy atom. The Bertz CT molecular complexity index is 637. The molecule has 132 valence electrons. The van der Waals surface area contributed by atoms with Gasteiger partial charge in [0.2, 0.25) is 0 Å². The average molecular weight is 349 g/mol. The number of ether oxygens (including phenoxy) is 1. The minimum atomic E-state index is 0.230. The number of hydrogen-bond donors (Lipinski definition) is 0. The molecule has 1 atom stereocenters. The van der Waals surface area contributed by atoms with Gasteiger partial charge in [0.1, 0.15) is 5.75 Å². The van der Waals surface area contributed by atoms with E-state index in [1.165, 1.54) is 0 Å². The molecule has 1 aromatic heterocycles. The molecule has 24 heavy (non-hydrogen) atoms. The highest BCUT2D eigenvalue weighted by atomic mass is 32.2. The second-order valence-electron chi connectivity index (χ2n) is 6.47. The van der Waals surface area contributed by atoms with Gasteiger partial charge in [-0.15, -0.1) is 10.2 Å². The summed E-state index contributed by atoms with van der Waals surface area (Å²) in [5.74, 6) is 3.46. The molecule has 0 aliphatic carbocycles. The smallest absolute Gasteiger partial charge is 0.195 e. The van der Waals surface area contributed by atoms with E-state index in [1.807, 2.05) is 12.1 Å². The van der Waals surface area contributed by atoms with Crippen LogP contribution < -0.4 is 4.74 Å². The zero-order valence-corrected chi connectivity index (χ0v) is 16.3.